The highest BCUT2D eigenvalue weighted by molar-refractivity contribution is 6.66. The molecule has 0 fully saturated rings. The number of carbonyl (C=O) groups is 2. The van der Waals surface area contributed by atoms with Gasteiger partial charge in [0.05, 0.1) is 0 Å². The Hall–Kier alpha value is -1.09. The lowest BCUT2D eigenvalue weighted by Crippen LogP contribution is -2.04. The van der Waals surface area contributed by atoms with E-state index in [2.05, 4.69) is 18.9 Å². The smallest absolute Gasteiger partial charge is 0.244 e. The minimum Gasteiger partial charge on any atom is -0.366 e. The summed E-state index contributed by atoms with van der Waals surface area (Å²) in [7, 11) is 0. The van der Waals surface area contributed by atoms with Crippen molar-refractivity contribution in [3.63, 3.8) is 0 Å². The van der Waals surface area contributed by atoms with Crippen molar-refractivity contribution < 1.29 is 9.59 Å². The van der Waals surface area contributed by atoms with Gasteiger partial charge in [0.1, 0.15) is 0 Å². The molecule has 0 heterocycles. The predicted octanol–water partition coefficient (Wildman–Crippen LogP) is 0.596. The van der Waals surface area contributed by atoms with Crippen molar-refractivity contribution in [2.75, 3.05) is 0 Å². The molecule has 0 unspecified atom stereocenters. The molecule has 0 bridgehead atoms. The topological polar surface area (TPSA) is 60.2 Å². The van der Waals surface area contributed by atoms with Crippen LogP contribution in [0, 0.1) is 0 Å². The molecule has 0 radical (unpaired) electrons. The standard InChI is InChI=1S/C3H3ClO.C3H5NO/c2*1-2-3(4)5/h2H,1H2;2H,1H2,(H2,4,5). The molecule has 0 spiro atoms. The second kappa shape index (κ2) is 7.91. The highest BCUT2D eigenvalue weighted by atomic mass is 35.5. The Kier molecular flexibility index (Phi) is 9.24. The van der Waals surface area contributed by atoms with Crippen LogP contribution in [0.3, 0.4) is 0 Å². The molecule has 0 aromatic carbocycles. The second-order valence-electron chi connectivity index (χ2n) is 1.11. The largest absolute Gasteiger partial charge is 0.366 e. The number of nitrogens with two attached hydrogens (primary N) is 1. The molecule has 0 saturated heterocycles. The fourth-order valence-electron chi connectivity index (χ4n) is 0. The van der Waals surface area contributed by atoms with Gasteiger partial charge in [-0.05, 0) is 23.8 Å². The summed E-state index contributed by atoms with van der Waals surface area (Å²) in [5, 5.41) is -0.509. The number of allylic oxidation sites excluding steroid dienone is 1. The Balaban J connectivity index is 0. The average Bonchev–Trinajstić information content (AvgIpc) is 1.89. The van der Waals surface area contributed by atoms with E-state index in [1.807, 2.05) is 0 Å². The summed E-state index contributed by atoms with van der Waals surface area (Å²) in [5.74, 6) is -0.481. The molecular formula is C6H8ClNO2. The minimum atomic E-state index is -0.509. The van der Waals surface area contributed by atoms with Crippen LogP contribution in [0.5, 0.6) is 0 Å². The molecule has 2 N–H and O–H groups in total. The number of hydrogen-bond donors (Lipinski definition) is 1. The number of halogens is 1. The zero-order valence-corrected chi connectivity index (χ0v) is 6.10. The molecule has 0 rings (SSSR count). The van der Waals surface area contributed by atoms with Crippen LogP contribution >= 0.6 is 11.6 Å². The molecular weight excluding hydrogens is 154 g/mol. The molecule has 0 aromatic heterocycles. The lowest BCUT2D eigenvalue weighted by molar-refractivity contribution is -0.113. The van der Waals surface area contributed by atoms with Gasteiger partial charge in [-0.3, -0.25) is 9.59 Å². The molecule has 10 heavy (non-hydrogen) atoms. The van der Waals surface area contributed by atoms with Crippen LogP contribution in [-0.2, 0) is 9.59 Å². The quantitative estimate of drug-likeness (QED) is 0.476. The van der Waals surface area contributed by atoms with E-state index in [0.29, 0.717) is 0 Å². The van der Waals surface area contributed by atoms with Crippen molar-refractivity contribution in [3.05, 3.63) is 25.3 Å². The highest BCUT2D eigenvalue weighted by Crippen LogP contribution is 1.74. The van der Waals surface area contributed by atoms with Crippen LogP contribution in [0.2, 0.25) is 0 Å². The van der Waals surface area contributed by atoms with Gasteiger partial charge in [-0.2, -0.15) is 0 Å². The lowest BCUT2D eigenvalue weighted by Gasteiger charge is -1.65. The predicted molar refractivity (Wildman–Crippen MR) is 40.4 cm³/mol. The minimum absolute atomic E-state index is 0.481. The van der Waals surface area contributed by atoms with Gasteiger partial charge >= 0.3 is 0 Å². The lowest BCUT2D eigenvalue weighted by atomic mass is 10.6. The monoisotopic (exact) mass is 161 g/mol. The van der Waals surface area contributed by atoms with Crippen molar-refractivity contribution in [2.45, 2.75) is 0 Å². The first-order valence-electron chi connectivity index (χ1n) is 2.28. The van der Waals surface area contributed by atoms with Gasteiger partial charge in [0, 0.05) is 0 Å². The van der Waals surface area contributed by atoms with E-state index in [1.54, 1.807) is 0 Å². The van der Waals surface area contributed by atoms with Crippen LogP contribution in [0.25, 0.3) is 0 Å². The van der Waals surface area contributed by atoms with Gasteiger partial charge in [0.2, 0.25) is 11.1 Å². The van der Waals surface area contributed by atoms with Gasteiger partial charge in [0.15, 0.2) is 0 Å². The van der Waals surface area contributed by atoms with E-state index in [9.17, 15) is 9.59 Å². The van der Waals surface area contributed by atoms with E-state index in [0.717, 1.165) is 12.2 Å². The van der Waals surface area contributed by atoms with E-state index >= 15 is 0 Å². The Labute approximate surface area is 64.2 Å². The van der Waals surface area contributed by atoms with E-state index < -0.39 is 11.1 Å². The normalized spacial score (nSPS) is 6.50. The molecule has 0 aliphatic carbocycles. The fourth-order valence-corrected chi connectivity index (χ4v) is 0. The first-order chi connectivity index (χ1) is 4.54. The molecule has 4 heteroatoms. The van der Waals surface area contributed by atoms with Gasteiger partial charge in [0.25, 0.3) is 0 Å². The van der Waals surface area contributed by atoms with Gasteiger partial charge in [-0.1, -0.05) is 13.2 Å². The molecule has 0 saturated carbocycles. The molecule has 1 amide bonds. The molecule has 0 aliphatic rings. The summed E-state index contributed by atoms with van der Waals surface area (Å²) >= 11 is 4.71. The molecule has 0 aliphatic heterocycles. The number of hydrogen-bond acceptors (Lipinski definition) is 2. The Bertz CT molecular complexity index is 136. The molecule has 0 atom stereocenters. The van der Waals surface area contributed by atoms with Gasteiger partial charge < -0.3 is 5.73 Å². The molecule has 56 valence electrons. The van der Waals surface area contributed by atoms with E-state index in [-0.39, 0.29) is 0 Å². The first kappa shape index (κ1) is 11.7. The summed E-state index contributed by atoms with van der Waals surface area (Å²) in [6, 6.07) is 0. The second-order valence-corrected chi connectivity index (χ2v) is 1.49. The van der Waals surface area contributed by atoms with Crippen LogP contribution in [0.1, 0.15) is 0 Å². The van der Waals surface area contributed by atoms with Crippen molar-refractivity contribution >= 4 is 22.8 Å². The third-order valence-electron chi connectivity index (χ3n) is 0.362. The Morgan fingerprint density at radius 1 is 1.30 bits per heavy atom. The van der Waals surface area contributed by atoms with Crippen LogP contribution < -0.4 is 5.73 Å². The summed E-state index contributed by atoms with van der Waals surface area (Å²) in [5.41, 5.74) is 4.53. The Morgan fingerprint density at radius 3 is 1.50 bits per heavy atom. The van der Waals surface area contributed by atoms with Gasteiger partial charge in [-0.15, -0.1) is 0 Å². The zero-order chi connectivity index (χ0) is 8.57. The fraction of sp³-hybridized carbons (Fsp3) is 0. The zero-order valence-electron chi connectivity index (χ0n) is 5.34. The van der Waals surface area contributed by atoms with Crippen molar-refractivity contribution in [1.29, 1.82) is 0 Å². The van der Waals surface area contributed by atoms with Crippen molar-refractivity contribution in [1.82, 2.24) is 0 Å². The van der Waals surface area contributed by atoms with Crippen LogP contribution in [-0.4, -0.2) is 11.1 Å². The number of rotatable bonds is 2. The van der Waals surface area contributed by atoms with E-state index in [4.69, 9.17) is 11.6 Å². The maximum atomic E-state index is 9.47. The summed E-state index contributed by atoms with van der Waals surface area (Å²) in [6.45, 7) is 6.16. The van der Waals surface area contributed by atoms with Crippen LogP contribution in [0.15, 0.2) is 25.3 Å². The Morgan fingerprint density at radius 2 is 1.50 bits per heavy atom. The maximum Gasteiger partial charge on any atom is 0.244 e. The van der Waals surface area contributed by atoms with Gasteiger partial charge in [-0.25, -0.2) is 0 Å². The highest BCUT2D eigenvalue weighted by Gasteiger charge is 1.74. The number of carbonyl (C=O) groups excluding carboxylic acids is 2. The van der Waals surface area contributed by atoms with Crippen molar-refractivity contribution in [2.24, 2.45) is 5.73 Å². The van der Waals surface area contributed by atoms with Crippen molar-refractivity contribution in [3.8, 4) is 0 Å². The summed E-state index contributed by atoms with van der Waals surface area (Å²) < 4.78 is 0. The SMILES string of the molecule is C=CC(=O)Cl.C=CC(N)=O. The third-order valence-corrected chi connectivity index (χ3v) is 0.516. The molecule has 0 aromatic rings. The first-order valence-corrected chi connectivity index (χ1v) is 2.66. The number of primary amides is 1. The van der Waals surface area contributed by atoms with Crippen LogP contribution in [0.4, 0.5) is 0 Å². The van der Waals surface area contributed by atoms with E-state index in [1.165, 1.54) is 0 Å². The third kappa shape index (κ3) is 28.5. The molecule has 3 nitrogen and oxygen atoms in total. The summed E-state index contributed by atoms with van der Waals surface area (Å²) in [4.78, 5) is 18.9. The number of amides is 1. The average molecular weight is 162 g/mol. The summed E-state index contributed by atoms with van der Waals surface area (Å²) in [6.07, 6.45) is 2.10. The maximum absolute atomic E-state index is 9.47.